The summed E-state index contributed by atoms with van der Waals surface area (Å²) in [7, 11) is 0. The fourth-order valence-electron chi connectivity index (χ4n) is 3.67. The maximum Gasteiger partial charge on any atom is 0.325 e. The van der Waals surface area contributed by atoms with Crippen molar-refractivity contribution in [1.29, 1.82) is 0 Å². The Labute approximate surface area is 188 Å². The topological polar surface area (TPSA) is 114 Å². The molecule has 8 nitrogen and oxygen atoms in total. The zero-order valence-corrected chi connectivity index (χ0v) is 19.1. The number of esters is 1. The Kier molecular flexibility index (Phi) is 7.12. The lowest BCUT2D eigenvalue weighted by Gasteiger charge is -2.20. The zero-order chi connectivity index (χ0) is 23.3. The zero-order valence-electron chi connectivity index (χ0n) is 19.1. The minimum atomic E-state index is -0.644. The lowest BCUT2D eigenvalue weighted by molar-refractivity contribution is -0.143. The van der Waals surface area contributed by atoms with Crippen LogP contribution in [0.2, 0.25) is 0 Å². The third kappa shape index (κ3) is 5.43. The average Bonchev–Trinajstić information content (AvgIpc) is 3.11. The van der Waals surface area contributed by atoms with E-state index in [-0.39, 0.29) is 18.6 Å². The van der Waals surface area contributed by atoms with Crippen molar-refractivity contribution in [3.63, 3.8) is 0 Å². The number of fused-ring (bicyclic) bond motifs is 1. The van der Waals surface area contributed by atoms with E-state index in [0.717, 1.165) is 28.0 Å². The van der Waals surface area contributed by atoms with Crippen LogP contribution in [0.15, 0.2) is 36.7 Å². The number of H-pyrrole nitrogens is 1. The predicted molar refractivity (Wildman–Crippen MR) is 124 cm³/mol. The predicted octanol–water partition coefficient (Wildman–Crippen LogP) is 3.80. The summed E-state index contributed by atoms with van der Waals surface area (Å²) in [6.45, 7) is 8.72. The molecule has 0 spiro atoms. The van der Waals surface area contributed by atoms with Crippen LogP contribution < -0.4 is 5.73 Å². The normalized spacial score (nSPS) is 11.5. The average molecular weight is 438 g/mol. The first-order valence-corrected chi connectivity index (χ1v) is 10.8. The SMILES string of the molecule is CCOC(=O)CN(CCCc1c(-c2ccc(C(C)(C)C)cc2)[nH]c2nccnc12)C(N)=O. The molecule has 2 aromatic heterocycles. The molecule has 8 heteroatoms. The first kappa shape index (κ1) is 23.2. The lowest BCUT2D eigenvalue weighted by Crippen LogP contribution is -2.40. The number of hydrogen-bond acceptors (Lipinski definition) is 5. The number of nitrogens with one attached hydrogen (secondary N) is 1. The minimum Gasteiger partial charge on any atom is -0.465 e. The van der Waals surface area contributed by atoms with Crippen molar-refractivity contribution in [1.82, 2.24) is 19.9 Å². The maximum atomic E-state index is 11.8. The number of ether oxygens (including phenoxy) is 1. The number of primary amides is 1. The Hall–Kier alpha value is -3.42. The maximum absolute atomic E-state index is 11.8. The van der Waals surface area contributed by atoms with Gasteiger partial charge >= 0.3 is 12.0 Å². The molecule has 1 aromatic carbocycles. The van der Waals surface area contributed by atoms with Crippen LogP contribution >= 0.6 is 0 Å². The molecule has 170 valence electrons. The molecule has 3 N–H and O–H groups in total. The fourth-order valence-corrected chi connectivity index (χ4v) is 3.67. The van der Waals surface area contributed by atoms with Crippen LogP contribution in [0.3, 0.4) is 0 Å². The van der Waals surface area contributed by atoms with E-state index in [0.29, 0.717) is 19.4 Å². The molecule has 0 saturated carbocycles. The summed E-state index contributed by atoms with van der Waals surface area (Å²) < 4.78 is 4.93. The van der Waals surface area contributed by atoms with Gasteiger partial charge in [0.05, 0.1) is 12.3 Å². The van der Waals surface area contributed by atoms with Crippen molar-refractivity contribution in [2.75, 3.05) is 19.7 Å². The van der Waals surface area contributed by atoms with Crippen LogP contribution in [-0.4, -0.2) is 51.5 Å². The summed E-state index contributed by atoms with van der Waals surface area (Å²) >= 11 is 0. The molecule has 0 unspecified atom stereocenters. The molecule has 0 aliphatic rings. The van der Waals surface area contributed by atoms with Crippen molar-refractivity contribution in [2.45, 2.75) is 46.0 Å². The molecule has 3 rings (SSSR count). The van der Waals surface area contributed by atoms with E-state index in [4.69, 9.17) is 10.5 Å². The molecule has 2 amide bonds. The molecule has 0 aliphatic heterocycles. The Morgan fingerprint density at radius 3 is 2.44 bits per heavy atom. The van der Waals surface area contributed by atoms with E-state index in [1.165, 1.54) is 10.5 Å². The molecule has 0 bridgehead atoms. The molecular weight excluding hydrogens is 406 g/mol. The number of benzene rings is 1. The molecule has 0 saturated heterocycles. The van der Waals surface area contributed by atoms with Gasteiger partial charge in [-0.05, 0) is 36.3 Å². The van der Waals surface area contributed by atoms with Gasteiger partial charge in [-0.25, -0.2) is 9.78 Å². The lowest BCUT2D eigenvalue weighted by atomic mass is 9.86. The van der Waals surface area contributed by atoms with Gasteiger partial charge in [-0.15, -0.1) is 0 Å². The van der Waals surface area contributed by atoms with Gasteiger partial charge in [-0.3, -0.25) is 9.78 Å². The summed E-state index contributed by atoms with van der Waals surface area (Å²) in [4.78, 5) is 37.2. The summed E-state index contributed by atoms with van der Waals surface area (Å²) in [6.07, 6.45) is 4.58. The number of nitrogens with two attached hydrogens (primary N) is 1. The quantitative estimate of drug-likeness (QED) is 0.520. The standard InChI is InChI=1S/C24H31N5O3/c1-5-32-19(30)15-29(23(25)31)14-6-7-18-20(28-22-21(18)26-12-13-27-22)16-8-10-17(11-9-16)24(2,3)4/h8-13H,5-7,14-15H2,1-4H3,(H2,25,31)(H,27,28). The number of aromatic nitrogens is 3. The Bertz CT molecular complexity index is 1080. The Balaban J connectivity index is 1.83. The van der Waals surface area contributed by atoms with Crippen LogP contribution in [0.4, 0.5) is 4.79 Å². The first-order valence-electron chi connectivity index (χ1n) is 10.8. The first-order chi connectivity index (χ1) is 15.2. The molecule has 0 radical (unpaired) electrons. The molecule has 3 aromatic rings. The smallest absolute Gasteiger partial charge is 0.325 e. The molecule has 2 heterocycles. The summed E-state index contributed by atoms with van der Waals surface area (Å²) in [5.74, 6) is -0.469. The van der Waals surface area contributed by atoms with Gasteiger partial charge in [0, 0.05) is 24.5 Å². The third-order valence-electron chi connectivity index (χ3n) is 5.36. The number of nitrogens with zero attached hydrogens (tertiary/aromatic N) is 3. The Morgan fingerprint density at radius 1 is 1.12 bits per heavy atom. The number of carbonyl (C=O) groups is 2. The molecular formula is C24H31N5O3. The van der Waals surface area contributed by atoms with E-state index >= 15 is 0 Å². The van der Waals surface area contributed by atoms with Crippen LogP contribution in [0.1, 0.15) is 45.2 Å². The van der Waals surface area contributed by atoms with Gasteiger partial charge in [-0.2, -0.15) is 0 Å². The van der Waals surface area contributed by atoms with Gasteiger partial charge in [0.25, 0.3) is 0 Å². The molecule has 0 aliphatic carbocycles. The van der Waals surface area contributed by atoms with Crippen LogP contribution in [0.5, 0.6) is 0 Å². The van der Waals surface area contributed by atoms with E-state index in [9.17, 15) is 9.59 Å². The minimum absolute atomic E-state index is 0.0715. The van der Waals surface area contributed by atoms with Crippen LogP contribution in [0.25, 0.3) is 22.4 Å². The third-order valence-corrected chi connectivity index (χ3v) is 5.36. The number of amides is 2. The second-order valence-corrected chi connectivity index (χ2v) is 8.73. The van der Waals surface area contributed by atoms with Gasteiger partial charge in [0.1, 0.15) is 12.1 Å². The Morgan fingerprint density at radius 2 is 1.81 bits per heavy atom. The number of aromatic amines is 1. The number of carbonyl (C=O) groups excluding carboxylic acids is 2. The number of rotatable bonds is 8. The number of urea groups is 1. The van der Waals surface area contributed by atoms with Crippen molar-refractivity contribution in [2.24, 2.45) is 5.73 Å². The number of aryl methyl sites for hydroxylation is 1. The summed E-state index contributed by atoms with van der Waals surface area (Å²) in [6, 6.07) is 7.84. The van der Waals surface area contributed by atoms with Crippen molar-refractivity contribution in [3.8, 4) is 11.3 Å². The van der Waals surface area contributed by atoms with Gasteiger partial charge in [-0.1, -0.05) is 45.0 Å². The van der Waals surface area contributed by atoms with E-state index in [2.05, 4.69) is 60.0 Å². The largest absolute Gasteiger partial charge is 0.465 e. The monoisotopic (exact) mass is 437 g/mol. The van der Waals surface area contributed by atoms with E-state index in [1.54, 1.807) is 19.3 Å². The van der Waals surface area contributed by atoms with Gasteiger partial charge in [0.2, 0.25) is 0 Å². The second-order valence-electron chi connectivity index (χ2n) is 8.73. The molecule has 0 fully saturated rings. The molecule has 0 atom stereocenters. The van der Waals surface area contributed by atoms with Crippen molar-refractivity contribution < 1.29 is 14.3 Å². The highest BCUT2D eigenvalue weighted by molar-refractivity contribution is 5.85. The van der Waals surface area contributed by atoms with E-state index < -0.39 is 12.0 Å². The van der Waals surface area contributed by atoms with Gasteiger partial charge < -0.3 is 20.4 Å². The second kappa shape index (κ2) is 9.80. The fraction of sp³-hybridized carbons (Fsp3) is 0.417. The van der Waals surface area contributed by atoms with Gasteiger partial charge in [0.15, 0.2) is 5.65 Å². The van der Waals surface area contributed by atoms with Crippen LogP contribution in [0, 0.1) is 0 Å². The summed E-state index contributed by atoms with van der Waals surface area (Å²) in [5.41, 5.74) is 11.3. The highest BCUT2D eigenvalue weighted by Gasteiger charge is 2.19. The highest BCUT2D eigenvalue weighted by atomic mass is 16.5. The molecule has 32 heavy (non-hydrogen) atoms. The summed E-state index contributed by atoms with van der Waals surface area (Å²) in [5, 5.41) is 0. The highest BCUT2D eigenvalue weighted by Crippen LogP contribution is 2.31. The van der Waals surface area contributed by atoms with Crippen LogP contribution in [-0.2, 0) is 21.4 Å². The number of hydrogen-bond donors (Lipinski definition) is 2. The van der Waals surface area contributed by atoms with Crippen molar-refractivity contribution >= 4 is 23.2 Å². The van der Waals surface area contributed by atoms with E-state index in [1.807, 2.05) is 0 Å². The van der Waals surface area contributed by atoms with Crippen molar-refractivity contribution in [3.05, 3.63) is 47.8 Å².